The van der Waals surface area contributed by atoms with Crippen LogP contribution in [0.4, 0.5) is 0 Å². The molecule has 0 spiro atoms. The molecule has 0 unspecified atom stereocenters. The highest BCUT2D eigenvalue weighted by Gasteiger charge is 2.33. The summed E-state index contributed by atoms with van der Waals surface area (Å²) in [6.45, 7) is 1.19. The molecule has 1 fully saturated rings. The van der Waals surface area contributed by atoms with Crippen molar-refractivity contribution in [3.05, 3.63) is 48.3 Å². The maximum Gasteiger partial charge on any atom is 0.226 e. The molecule has 0 aliphatic heterocycles. The van der Waals surface area contributed by atoms with Crippen LogP contribution in [0.2, 0.25) is 0 Å². The molecule has 5 nitrogen and oxygen atoms in total. The van der Waals surface area contributed by atoms with Crippen LogP contribution in [0.1, 0.15) is 24.8 Å². The van der Waals surface area contributed by atoms with Gasteiger partial charge in [0.2, 0.25) is 5.91 Å². The Morgan fingerprint density at radius 2 is 2.08 bits per heavy atom. The average Bonchev–Trinajstić information content (AvgIpc) is 3.23. The van der Waals surface area contributed by atoms with Gasteiger partial charge in [-0.15, -0.1) is 12.4 Å². The van der Waals surface area contributed by atoms with Crippen molar-refractivity contribution in [2.45, 2.75) is 25.8 Å². The normalized spacial score (nSPS) is 19.8. The fourth-order valence-electron chi connectivity index (χ4n) is 3.44. The standard InChI is InChI=1S/C18H24N4O.ClH/c1-21(18(23)17-9-5-6-15(17)10-19)12-14-11-20-22(13-14)16-7-3-2-4-8-16;/h2-4,7-8,11,13,15,17H,5-6,9-10,12,19H2,1H3;1H/t15-,17-;/m1./s1. The van der Waals surface area contributed by atoms with Crippen molar-refractivity contribution in [3.8, 4) is 5.69 Å². The van der Waals surface area contributed by atoms with Crippen molar-refractivity contribution in [1.82, 2.24) is 14.7 Å². The van der Waals surface area contributed by atoms with Crippen LogP contribution in [0.25, 0.3) is 5.69 Å². The van der Waals surface area contributed by atoms with Crippen LogP contribution in [0.15, 0.2) is 42.7 Å². The number of aromatic nitrogens is 2. The smallest absolute Gasteiger partial charge is 0.226 e. The van der Waals surface area contributed by atoms with Crippen LogP contribution in [0.5, 0.6) is 0 Å². The number of rotatable bonds is 5. The zero-order chi connectivity index (χ0) is 16.2. The Labute approximate surface area is 149 Å². The molecule has 2 N–H and O–H groups in total. The summed E-state index contributed by atoms with van der Waals surface area (Å²) in [7, 11) is 1.87. The first-order valence-electron chi connectivity index (χ1n) is 8.23. The summed E-state index contributed by atoms with van der Waals surface area (Å²) in [6.07, 6.45) is 6.96. The van der Waals surface area contributed by atoms with Gasteiger partial charge in [-0.3, -0.25) is 4.79 Å². The van der Waals surface area contributed by atoms with Crippen LogP contribution < -0.4 is 5.73 Å². The lowest BCUT2D eigenvalue weighted by Crippen LogP contribution is -2.36. The van der Waals surface area contributed by atoms with Crippen LogP contribution in [0, 0.1) is 11.8 Å². The molecule has 0 radical (unpaired) electrons. The Morgan fingerprint density at radius 3 is 2.79 bits per heavy atom. The molecule has 1 aromatic heterocycles. The van der Waals surface area contributed by atoms with Gasteiger partial charge in [-0.2, -0.15) is 5.10 Å². The molecule has 2 aromatic rings. The quantitative estimate of drug-likeness (QED) is 0.903. The molecule has 130 valence electrons. The maximum absolute atomic E-state index is 12.6. The molecule has 24 heavy (non-hydrogen) atoms. The Morgan fingerprint density at radius 1 is 1.33 bits per heavy atom. The number of carbonyl (C=O) groups excluding carboxylic acids is 1. The first kappa shape index (κ1) is 18.5. The van der Waals surface area contributed by atoms with E-state index in [2.05, 4.69) is 5.10 Å². The highest BCUT2D eigenvalue weighted by molar-refractivity contribution is 5.85. The highest BCUT2D eigenvalue weighted by atomic mass is 35.5. The van der Waals surface area contributed by atoms with E-state index in [0.717, 1.165) is 30.5 Å². The number of para-hydroxylation sites is 1. The predicted octanol–water partition coefficient (Wildman–Crippen LogP) is 2.63. The molecule has 0 bridgehead atoms. The Balaban J connectivity index is 0.00000208. The van der Waals surface area contributed by atoms with Gasteiger partial charge in [-0.25, -0.2) is 4.68 Å². The largest absolute Gasteiger partial charge is 0.341 e. The third-order valence-corrected chi connectivity index (χ3v) is 4.73. The summed E-state index contributed by atoms with van der Waals surface area (Å²) in [5.74, 6) is 0.650. The van der Waals surface area contributed by atoms with Gasteiger partial charge in [0.25, 0.3) is 0 Å². The monoisotopic (exact) mass is 348 g/mol. The summed E-state index contributed by atoms with van der Waals surface area (Å²) in [6, 6.07) is 9.97. The summed E-state index contributed by atoms with van der Waals surface area (Å²) >= 11 is 0. The van der Waals surface area contributed by atoms with Gasteiger partial charge in [-0.1, -0.05) is 24.6 Å². The van der Waals surface area contributed by atoms with E-state index < -0.39 is 0 Å². The van der Waals surface area contributed by atoms with Crippen LogP contribution in [0.3, 0.4) is 0 Å². The molecular formula is C18H25ClN4O. The first-order valence-corrected chi connectivity index (χ1v) is 8.23. The van der Waals surface area contributed by atoms with E-state index in [1.807, 2.05) is 59.4 Å². The zero-order valence-electron chi connectivity index (χ0n) is 14.0. The second kappa shape index (κ2) is 8.31. The molecule has 2 atom stereocenters. The molecule has 0 saturated heterocycles. The molecule has 1 saturated carbocycles. The van der Waals surface area contributed by atoms with Crippen molar-refractivity contribution in [3.63, 3.8) is 0 Å². The van der Waals surface area contributed by atoms with E-state index in [-0.39, 0.29) is 24.2 Å². The summed E-state index contributed by atoms with van der Waals surface area (Å²) in [4.78, 5) is 14.4. The fraction of sp³-hybridized carbons (Fsp3) is 0.444. The fourth-order valence-corrected chi connectivity index (χ4v) is 3.44. The summed E-state index contributed by atoms with van der Waals surface area (Å²) in [5.41, 5.74) is 7.85. The lowest BCUT2D eigenvalue weighted by atomic mass is 9.95. The van der Waals surface area contributed by atoms with Crippen LogP contribution in [-0.2, 0) is 11.3 Å². The summed E-state index contributed by atoms with van der Waals surface area (Å²) < 4.78 is 1.84. The van der Waals surface area contributed by atoms with Crippen molar-refractivity contribution in [1.29, 1.82) is 0 Å². The minimum atomic E-state index is 0. The molecule has 6 heteroatoms. The molecule has 1 aromatic carbocycles. The maximum atomic E-state index is 12.6. The van der Waals surface area contributed by atoms with Crippen molar-refractivity contribution >= 4 is 18.3 Å². The molecule has 3 rings (SSSR count). The Hall–Kier alpha value is -1.85. The van der Waals surface area contributed by atoms with Gasteiger partial charge in [0.1, 0.15) is 0 Å². The second-order valence-corrected chi connectivity index (χ2v) is 6.36. The van der Waals surface area contributed by atoms with Gasteiger partial charge in [0.05, 0.1) is 11.9 Å². The average molecular weight is 349 g/mol. The van der Waals surface area contributed by atoms with Gasteiger partial charge in [0, 0.05) is 31.3 Å². The van der Waals surface area contributed by atoms with Gasteiger partial charge in [-0.05, 0) is 37.4 Å². The third-order valence-electron chi connectivity index (χ3n) is 4.73. The Kier molecular flexibility index (Phi) is 6.40. The van der Waals surface area contributed by atoms with E-state index in [4.69, 9.17) is 5.73 Å². The molecule has 1 aliphatic carbocycles. The minimum Gasteiger partial charge on any atom is -0.341 e. The van der Waals surface area contributed by atoms with E-state index in [9.17, 15) is 4.79 Å². The highest BCUT2D eigenvalue weighted by Crippen LogP contribution is 2.32. The lowest BCUT2D eigenvalue weighted by Gasteiger charge is -2.24. The number of hydrogen-bond donors (Lipinski definition) is 1. The van der Waals surface area contributed by atoms with E-state index in [1.54, 1.807) is 0 Å². The van der Waals surface area contributed by atoms with Crippen LogP contribution in [-0.4, -0.2) is 34.2 Å². The summed E-state index contributed by atoms with van der Waals surface area (Å²) in [5, 5.41) is 4.39. The number of hydrogen-bond acceptors (Lipinski definition) is 3. The first-order chi connectivity index (χ1) is 11.2. The topological polar surface area (TPSA) is 64.2 Å². The number of nitrogens with two attached hydrogens (primary N) is 1. The number of carbonyl (C=O) groups is 1. The molecule has 1 heterocycles. The third kappa shape index (κ3) is 3.97. The number of halogens is 1. The van der Waals surface area contributed by atoms with Crippen molar-refractivity contribution < 1.29 is 4.79 Å². The van der Waals surface area contributed by atoms with Gasteiger partial charge in [0.15, 0.2) is 0 Å². The van der Waals surface area contributed by atoms with E-state index >= 15 is 0 Å². The Bertz CT molecular complexity index is 658. The van der Waals surface area contributed by atoms with E-state index in [1.165, 1.54) is 0 Å². The SMILES string of the molecule is CN(Cc1cnn(-c2ccccc2)c1)C(=O)[C@@H]1CCC[C@@H]1CN.Cl. The number of amides is 1. The predicted molar refractivity (Wildman–Crippen MR) is 97.2 cm³/mol. The van der Waals surface area contributed by atoms with Gasteiger partial charge < -0.3 is 10.6 Å². The molecular weight excluding hydrogens is 324 g/mol. The van der Waals surface area contributed by atoms with Crippen molar-refractivity contribution in [2.24, 2.45) is 17.6 Å². The minimum absolute atomic E-state index is 0. The molecule has 1 aliphatic rings. The zero-order valence-corrected chi connectivity index (χ0v) is 14.8. The number of nitrogens with zero attached hydrogens (tertiary/aromatic N) is 3. The van der Waals surface area contributed by atoms with E-state index in [0.29, 0.717) is 19.0 Å². The second-order valence-electron chi connectivity index (χ2n) is 6.36. The molecule has 1 amide bonds. The van der Waals surface area contributed by atoms with Crippen molar-refractivity contribution in [2.75, 3.05) is 13.6 Å². The van der Waals surface area contributed by atoms with Gasteiger partial charge >= 0.3 is 0 Å². The number of benzene rings is 1. The lowest BCUT2D eigenvalue weighted by molar-refractivity contribution is -0.135. The van der Waals surface area contributed by atoms with Crippen LogP contribution >= 0.6 is 12.4 Å².